The summed E-state index contributed by atoms with van der Waals surface area (Å²) >= 11 is 0. The van der Waals surface area contributed by atoms with Gasteiger partial charge in [-0.15, -0.1) is 0 Å². The normalized spacial score (nSPS) is 24.4. The van der Waals surface area contributed by atoms with Crippen LogP contribution < -0.4 is 5.73 Å². The molecule has 0 amide bonds. The van der Waals surface area contributed by atoms with E-state index in [0.29, 0.717) is 0 Å². The first-order chi connectivity index (χ1) is 4.83. The van der Waals surface area contributed by atoms with Crippen molar-refractivity contribution in [2.45, 2.75) is 12.8 Å². The van der Waals surface area contributed by atoms with Crippen molar-refractivity contribution in [3.63, 3.8) is 0 Å². The molecular weight excluding hydrogens is 124 g/mol. The largest absolute Gasteiger partial charge is 0.330 e. The van der Waals surface area contributed by atoms with Gasteiger partial charge in [-0.2, -0.15) is 0 Å². The van der Waals surface area contributed by atoms with Gasteiger partial charge in [-0.1, -0.05) is 11.6 Å². The Bertz CT molecular complexity index is 129. The van der Waals surface area contributed by atoms with Gasteiger partial charge in [0.15, 0.2) is 0 Å². The predicted octanol–water partition coefficient (Wildman–Crippen LogP) is 0.597. The molecule has 0 bridgehead atoms. The Morgan fingerprint density at radius 2 is 2.50 bits per heavy atom. The van der Waals surface area contributed by atoms with Crippen LogP contribution in [0, 0.1) is 0 Å². The van der Waals surface area contributed by atoms with Crippen LogP contribution in [0.15, 0.2) is 11.6 Å². The van der Waals surface area contributed by atoms with Crippen LogP contribution in [0.4, 0.5) is 0 Å². The third kappa shape index (κ3) is 2.12. The molecular formula is C8H16N2. The first-order valence-electron chi connectivity index (χ1n) is 3.89. The third-order valence-corrected chi connectivity index (χ3v) is 1.89. The first kappa shape index (κ1) is 7.76. The van der Waals surface area contributed by atoms with Crippen molar-refractivity contribution in [1.29, 1.82) is 0 Å². The quantitative estimate of drug-likeness (QED) is 0.569. The molecule has 1 fully saturated rings. The van der Waals surface area contributed by atoms with Crippen molar-refractivity contribution in [3.8, 4) is 0 Å². The van der Waals surface area contributed by atoms with Gasteiger partial charge in [-0.25, -0.2) is 0 Å². The van der Waals surface area contributed by atoms with Crippen LogP contribution in [0.3, 0.4) is 0 Å². The second-order valence-electron chi connectivity index (χ2n) is 2.93. The highest BCUT2D eigenvalue weighted by molar-refractivity contribution is 5.08. The first-order valence-corrected chi connectivity index (χ1v) is 3.89. The average molecular weight is 140 g/mol. The van der Waals surface area contributed by atoms with Crippen LogP contribution >= 0.6 is 0 Å². The number of nitrogens with two attached hydrogens (primary N) is 1. The van der Waals surface area contributed by atoms with E-state index in [1.54, 1.807) is 5.57 Å². The zero-order valence-electron chi connectivity index (χ0n) is 6.64. The highest BCUT2D eigenvalue weighted by Gasteiger charge is 2.10. The molecule has 0 spiro atoms. The second kappa shape index (κ2) is 3.74. The van der Waals surface area contributed by atoms with E-state index in [9.17, 15) is 0 Å². The van der Waals surface area contributed by atoms with E-state index in [1.165, 1.54) is 13.0 Å². The molecule has 58 valence electrons. The molecule has 0 aromatic rings. The minimum absolute atomic E-state index is 0.785. The highest BCUT2D eigenvalue weighted by atomic mass is 15.1. The SMILES string of the molecule is CN1CC/C(=C/CCN)C1. The lowest BCUT2D eigenvalue weighted by Gasteiger charge is -2.02. The monoisotopic (exact) mass is 140 g/mol. The lowest BCUT2D eigenvalue weighted by Crippen LogP contribution is -2.11. The molecule has 2 heteroatoms. The summed E-state index contributed by atoms with van der Waals surface area (Å²) in [5.74, 6) is 0. The molecule has 1 aliphatic heterocycles. The van der Waals surface area contributed by atoms with Crippen molar-refractivity contribution in [3.05, 3.63) is 11.6 Å². The number of hydrogen-bond donors (Lipinski definition) is 1. The standard InChI is InChI=1S/C8H16N2/c1-10-6-4-8(7-10)3-2-5-9/h3H,2,4-7,9H2,1H3/b8-3-. The van der Waals surface area contributed by atoms with Gasteiger partial charge >= 0.3 is 0 Å². The van der Waals surface area contributed by atoms with E-state index in [2.05, 4.69) is 18.0 Å². The summed E-state index contributed by atoms with van der Waals surface area (Å²) in [6, 6.07) is 0. The van der Waals surface area contributed by atoms with Gasteiger partial charge in [0.05, 0.1) is 0 Å². The van der Waals surface area contributed by atoms with Crippen LogP contribution in [-0.2, 0) is 0 Å². The molecule has 1 rings (SSSR count). The summed E-state index contributed by atoms with van der Waals surface area (Å²) in [5, 5.41) is 0. The fourth-order valence-corrected chi connectivity index (χ4v) is 1.29. The van der Waals surface area contributed by atoms with Gasteiger partial charge in [-0.3, -0.25) is 0 Å². The zero-order valence-corrected chi connectivity index (χ0v) is 6.64. The lowest BCUT2D eigenvalue weighted by atomic mass is 10.2. The Kier molecular flexibility index (Phi) is 2.90. The molecule has 2 N–H and O–H groups in total. The highest BCUT2D eigenvalue weighted by Crippen LogP contribution is 2.12. The molecule has 0 saturated carbocycles. The lowest BCUT2D eigenvalue weighted by molar-refractivity contribution is 0.425. The molecule has 2 nitrogen and oxygen atoms in total. The van der Waals surface area contributed by atoms with E-state index in [0.717, 1.165) is 19.5 Å². The van der Waals surface area contributed by atoms with Crippen LogP contribution in [0.2, 0.25) is 0 Å². The number of hydrogen-bond acceptors (Lipinski definition) is 2. The van der Waals surface area contributed by atoms with Crippen molar-refractivity contribution < 1.29 is 0 Å². The van der Waals surface area contributed by atoms with Crippen LogP contribution in [-0.4, -0.2) is 31.6 Å². The molecule has 1 saturated heterocycles. The molecule has 1 heterocycles. The Labute approximate surface area is 62.7 Å². The predicted molar refractivity (Wildman–Crippen MR) is 43.9 cm³/mol. The van der Waals surface area contributed by atoms with E-state index in [-0.39, 0.29) is 0 Å². The van der Waals surface area contributed by atoms with Crippen LogP contribution in [0.1, 0.15) is 12.8 Å². The van der Waals surface area contributed by atoms with Gasteiger partial charge in [0.25, 0.3) is 0 Å². The fourth-order valence-electron chi connectivity index (χ4n) is 1.29. The van der Waals surface area contributed by atoms with Gasteiger partial charge < -0.3 is 10.6 Å². The number of likely N-dealkylation sites (N-methyl/N-ethyl adjacent to an activating group) is 1. The van der Waals surface area contributed by atoms with Crippen LogP contribution in [0.25, 0.3) is 0 Å². The maximum absolute atomic E-state index is 5.38. The summed E-state index contributed by atoms with van der Waals surface area (Å²) in [5.41, 5.74) is 6.95. The molecule has 0 unspecified atom stereocenters. The van der Waals surface area contributed by atoms with Gasteiger partial charge in [0.1, 0.15) is 0 Å². The van der Waals surface area contributed by atoms with Crippen LogP contribution in [0.5, 0.6) is 0 Å². The molecule has 0 aliphatic carbocycles. The summed E-state index contributed by atoms with van der Waals surface area (Å²) in [4.78, 5) is 2.34. The summed E-state index contributed by atoms with van der Waals surface area (Å²) in [6.45, 7) is 3.16. The second-order valence-corrected chi connectivity index (χ2v) is 2.93. The molecule has 0 radical (unpaired) electrons. The number of likely N-dealkylation sites (tertiary alicyclic amines) is 1. The Balaban J connectivity index is 2.29. The van der Waals surface area contributed by atoms with Crippen molar-refractivity contribution >= 4 is 0 Å². The van der Waals surface area contributed by atoms with Gasteiger partial charge in [-0.05, 0) is 26.4 Å². The fraction of sp³-hybridized carbons (Fsp3) is 0.750. The molecule has 10 heavy (non-hydrogen) atoms. The summed E-state index contributed by atoms with van der Waals surface area (Å²) in [6.07, 6.45) is 4.57. The van der Waals surface area contributed by atoms with Crippen molar-refractivity contribution in [2.75, 3.05) is 26.7 Å². The maximum atomic E-state index is 5.38. The van der Waals surface area contributed by atoms with Gasteiger partial charge in [0.2, 0.25) is 0 Å². The topological polar surface area (TPSA) is 29.3 Å². The minimum Gasteiger partial charge on any atom is -0.330 e. The van der Waals surface area contributed by atoms with Gasteiger partial charge in [0, 0.05) is 13.1 Å². The third-order valence-electron chi connectivity index (χ3n) is 1.89. The molecule has 0 aromatic carbocycles. The summed E-state index contributed by atoms with van der Waals surface area (Å²) in [7, 11) is 2.16. The van der Waals surface area contributed by atoms with E-state index in [1.807, 2.05) is 0 Å². The Hall–Kier alpha value is -0.340. The molecule has 1 aliphatic rings. The molecule has 0 aromatic heterocycles. The minimum atomic E-state index is 0.785. The molecule has 0 atom stereocenters. The zero-order chi connectivity index (χ0) is 7.40. The van der Waals surface area contributed by atoms with Crippen molar-refractivity contribution in [1.82, 2.24) is 4.90 Å². The van der Waals surface area contributed by atoms with Crippen molar-refractivity contribution in [2.24, 2.45) is 5.73 Å². The Morgan fingerprint density at radius 3 is 3.00 bits per heavy atom. The van der Waals surface area contributed by atoms with E-state index in [4.69, 9.17) is 5.73 Å². The number of nitrogens with zero attached hydrogens (tertiary/aromatic N) is 1. The smallest absolute Gasteiger partial charge is 0.0190 e. The van der Waals surface area contributed by atoms with E-state index < -0.39 is 0 Å². The van der Waals surface area contributed by atoms with E-state index >= 15 is 0 Å². The summed E-state index contributed by atoms with van der Waals surface area (Å²) < 4.78 is 0. The number of rotatable bonds is 2. The maximum Gasteiger partial charge on any atom is 0.0190 e. The Morgan fingerprint density at radius 1 is 1.70 bits per heavy atom. The average Bonchev–Trinajstić information content (AvgIpc) is 2.31.